The zero-order valence-electron chi connectivity index (χ0n) is 11.4. The molecule has 2 aromatic carbocycles. The van der Waals surface area contributed by atoms with Crippen molar-refractivity contribution in [3.63, 3.8) is 0 Å². The Bertz CT molecular complexity index is 899. The number of pyridine rings is 1. The van der Waals surface area contributed by atoms with Gasteiger partial charge in [-0.25, -0.2) is 0 Å². The van der Waals surface area contributed by atoms with Gasteiger partial charge in [-0.1, -0.05) is 52.5 Å². The van der Waals surface area contributed by atoms with E-state index in [1.807, 2.05) is 0 Å². The summed E-state index contributed by atoms with van der Waals surface area (Å²) in [6.07, 6.45) is 1.54. The predicted octanol–water partition coefficient (Wildman–Crippen LogP) is 6.10. The number of halogens is 4. The van der Waals surface area contributed by atoms with Gasteiger partial charge in [0.2, 0.25) is 0 Å². The Balaban J connectivity index is 2.08. The van der Waals surface area contributed by atoms with Crippen LogP contribution >= 0.6 is 46.4 Å². The van der Waals surface area contributed by atoms with Crippen LogP contribution in [0.4, 0.5) is 5.69 Å². The summed E-state index contributed by atoms with van der Waals surface area (Å²) in [7, 11) is 0. The van der Waals surface area contributed by atoms with E-state index < -0.39 is 5.91 Å². The average molecular weight is 386 g/mol. The molecule has 0 unspecified atom stereocenters. The van der Waals surface area contributed by atoms with Gasteiger partial charge < -0.3 is 5.32 Å². The quantitative estimate of drug-likeness (QED) is 0.578. The van der Waals surface area contributed by atoms with Gasteiger partial charge in [-0.3, -0.25) is 9.78 Å². The van der Waals surface area contributed by atoms with Gasteiger partial charge in [0.15, 0.2) is 0 Å². The lowest BCUT2D eigenvalue weighted by Gasteiger charge is -2.11. The van der Waals surface area contributed by atoms with E-state index in [2.05, 4.69) is 10.3 Å². The lowest BCUT2D eigenvalue weighted by Crippen LogP contribution is -2.13. The number of carbonyl (C=O) groups is 1. The maximum Gasteiger partial charge on any atom is 0.258 e. The fourth-order valence-corrected chi connectivity index (χ4v) is 3.31. The Labute approximate surface area is 152 Å². The number of fused-ring (bicyclic) bond motifs is 1. The van der Waals surface area contributed by atoms with Gasteiger partial charge in [-0.05, 0) is 30.3 Å². The maximum atomic E-state index is 12.5. The highest BCUT2D eigenvalue weighted by atomic mass is 35.5. The summed E-state index contributed by atoms with van der Waals surface area (Å²) in [4.78, 5) is 16.7. The third kappa shape index (κ3) is 3.10. The maximum absolute atomic E-state index is 12.5. The molecule has 0 radical (unpaired) electrons. The first-order chi connectivity index (χ1) is 11.0. The molecule has 1 heterocycles. The van der Waals surface area contributed by atoms with Crippen molar-refractivity contribution in [1.82, 2.24) is 4.98 Å². The Kier molecular flexibility index (Phi) is 4.64. The first-order valence-electron chi connectivity index (χ1n) is 6.47. The molecule has 0 aliphatic rings. The topological polar surface area (TPSA) is 42.0 Å². The first kappa shape index (κ1) is 16.3. The number of carbonyl (C=O) groups excluding carboxylic acids is 1. The number of nitrogens with zero attached hydrogens (tertiary/aromatic N) is 1. The second-order valence-corrected chi connectivity index (χ2v) is 6.29. The lowest BCUT2D eigenvalue weighted by atomic mass is 10.1. The number of nitrogens with one attached hydrogen (secondary N) is 1. The minimum absolute atomic E-state index is 0.195. The van der Waals surface area contributed by atoms with Gasteiger partial charge in [0.25, 0.3) is 5.91 Å². The highest BCUT2D eigenvalue weighted by Gasteiger charge is 2.17. The van der Waals surface area contributed by atoms with Crippen LogP contribution in [0, 0.1) is 0 Å². The molecule has 0 atom stereocenters. The summed E-state index contributed by atoms with van der Waals surface area (Å²) in [6.45, 7) is 0. The molecular weight excluding hydrogens is 378 g/mol. The molecule has 23 heavy (non-hydrogen) atoms. The number of benzene rings is 2. The van der Waals surface area contributed by atoms with Gasteiger partial charge in [0, 0.05) is 11.6 Å². The van der Waals surface area contributed by atoms with E-state index in [0.717, 1.165) is 0 Å². The van der Waals surface area contributed by atoms with Crippen molar-refractivity contribution in [1.29, 1.82) is 0 Å². The third-order valence-electron chi connectivity index (χ3n) is 3.23. The summed E-state index contributed by atoms with van der Waals surface area (Å²) >= 11 is 24.4. The molecule has 1 amide bonds. The smallest absolute Gasteiger partial charge is 0.258 e. The van der Waals surface area contributed by atoms with Crippen LogP contribution in [0.3, 0.4) is 0 Å². The third-order valence-corrected chi connectivity index (χ3v) is 4.49. The molecule has 3 nitrogen and oxygen atoms in total. The number of anilines is 1. The van der Waals surface area contributed by atoms with E-state index in [-0.39, 0.29) is 15.6 Å². The van der Waals surface area contributed by atoms with Gasteiger partial charge >= 0.3 is 0 Å². The van der Waals surface area contributed by atoms with E-state index >= 15 is 0 Å². The highest BCUT2D eigenvalue weighted by molar-refractivity contribution is 6.43. The van der Waals surface area contributed by atoms with E-state index in [1.165, 1.54) is 0 Å². The summed E-state index contributed by atoms with van der Waals surface area (Å²) in [5, 5.41) is 4.75. The molecule has 0 aliphatic carbocycles. The molecule has 0 saturated heterocycles. The molecule has 0 fully saturated rings. The molecule has 116 valence electrons. The fraction of sp³-hybridized carbons (Fsp3) is 0. The van der Waals surface area contributed by atoms with Crippen molar-refractivity contribution in [3.05, 3.63) is 68.2 Å². The van der Waals surface area contributed by atoms with Crippen molar-refractivity contribution in [2.45, 2.75) is 0 Å². The van der Waals surface area contributed by atoms with Crippen LogP contribution in [0.15, 0.2) is 42.6 Å². The number of hydrogen-bond acceptors (Lipinski definition) is 2. The Morgan fingerprint density at radius 2 is 1.52 bits per heavy atom. The van der Waals surface area contributed by atoms with Gasteiger partial charge in [0.1, 0.15) is 0 Å². The number of amides is 1. The lowest BCUT2D eigenvalue weighted by molar-refractivity contribution is 0.102. The van der Waals surface area contributed by atoms with Crippen LogP contribution in [-0.2, 0) is 0 Å². The molecule has 7 heteroatoms. The summed E-state index contributed by atoms with van der Waals surface area (Å²) in [6, 6.07) is 9.78. The average Bonchev–Trinajstić information content (AvgIpc) is 2.50. The molecule has 0 bridgehead atoms. The van der Waals surface area contributed by atoms with Crippen molar-refractivity contribution >= 4 is 68.9 Å². The van der Waals surface area contributed by atoms with Crippen LogP contribution in [0.1, 0.15) is 10.4 Å². The normalized spacial score (nSPS) is 10.8. The van der Waals surface area contributed by atoms with Crippen molar-refractivity contribution in [2.24, 2.45) is 0 Å². The summed E-state index contributed by atoms with van der Waals surface area (Å²) in [5.74, 6) is -0.439. The van der Waals surface area contributed by atoms with Crippen molar-refractivity contribution < 1.29 is 4.79 Å². The SMILES string of the molecule is O=C(Nc1ccc(Cl)c2c(Cl)ccnc12)c1c(Cl)cccc1Cl. The van der Waals surface area contributed by atoms with Gasteiger partial charge in [0.05, 0.1) is 36.9 Å². The molecular formula is C16H8Cl4N2O. The van der Waals surface area contributed by atoms with E-state index in [1.54, 1.807) is 42.6 Å². The largest absolute Gasteiger partial charge is 0.320 e. The van der Waals surface area contributed by atoms with Crippen molar-refractivity contribution in [2.75, 3.05) is 5.32 Å². The van der Waals surface area contributed by atoms with Crippen LogP contribution in [0.2, 0.25) is 20.1 Å². The van der Waals surface area contributed by atoms with Gasteiger partial charge in [-0.15, -0.1) is 0 Å². The minimum atomic E-state index is -0.439. The number of hydrogen-bond donors (Lipinski definition) is 1. The Morgan fingerprint density at radius 1 is 0.870 bits per heavy atom. The second kappa shape index (κ2) is 6.54. The molecule has 0 saturated carbocycles. The minimum Gasteiger partial charge on any atom is -0.320 e. The predicted molar refractivity (Wildman–Crippen MR) is 96.2 cm³/mol. The zero-order chi connectivity index (χ0) is 16.6. The van der Waals surface area contributed by atoms with E-state index in [9.17, 15) is 4.79 Å². The van der Waals surface area contributed by atoms with E-state index in [0.29, 0.717) is 26.6 Å². The number of aromatic nitrogens is 1. The molecule has 1 N–H and O–H groups in total. The van der Waals surface area contributed by atoms with Crippen molar-refractivity contribution in [3.8, 4) is 0 Å². The van der Waals surface area contributed by atoms with Crippen LogP contribution in [-0.4, -0.2) is 10.9 Å². The second-order valence-electron chi connectivity index (χ2n) is 4.66. The van der Waals surface area contributed by atoms with Gasteiger partial charge in [-0.2, -0.15) is 0 Å². The number of rotatable bonds is 2. The summed E-state index contributed by atoms with van der Waals surface area (Å²) in [5.41, 5.74) is 1.15. The summed E-state index contributed by atoms with van der Waals surface area (Å²) < 4.78 is 0. The Hall–Kier alpha value is -1.52. The van der Waals surface area contributed by atoms with Crippen LogP contribution in [0.5, 0.6) is 0 Å². The standard InChI is InChI=1S/C16H8Cl4N2O/c17-8-2-1-3-9(18)14(8)16(23)22-12-5-4-10(19)13-11(20)6-7-21-15(12)13/h1-7H,(H,22,23). The highest BCUT2D eigenvalue weighted by Crippen LogP contribution is 2.34. The molecule has 0 spiro atoms. The van der Waals surface area contributed by atoms with Crippen LogP contribution in [0.25, 0.3) is 10.9 Å². The molecule has 1 aromatic heterocycles. The van der Waals surface area contributed by atoms with Crippen LogP contribution < -0.4 is 5.32 Å². The van der Waals surface area contributed by atoms with E-state index in [4.69, 9.17) is 46.4 Å². The Morgan fingerprint density at radius 3 is 2.22 bits per heavy atom. The first-order valence-corrected chi connectivity index (χ1v) is 7.98. The fourth-order valence-electron chi connectivity index (χ4n) is 2.19. The molecule has 3 aromatic rings. The zero-order valence-corrected chi connectivity index (χ0v) is 14.4. The molecule has 3 rings (SSSR count). The molecule has 0 aliphatic heterocycles. The monoisotopic (exact) mass is 384 g/mol.